The van der Waals surface area contributed by atoms with E-state index in [4.69, 9.17) is 9.97 Å². The van der Waals surface area contributed by atoms with Gasteiger partial charge in [-0.05, 0) is 73.9 Å². The van der Waals surface area contributed by atoms with Crippen molar-refractivity contribution in [3.63, 3.8) is 0 Å². The molecule has 2 aromatic carbocycles. The fourth-order valence-electron chi connectivity index (χ4n) is 5.16. The molecule has 0 N–H and O–H groups in total. The van der Waals surface area contributed by atoms with Crippen molar-refractivity contribution in [1.82, 2.24) is 9.97 Å². The summed E-state index contributed by atoms with van der Waals surface area (Å²) in [7, 11) is 0. The van der Waals surface area contributed by atoms with Crippen LogP contribution >= 0.6 is 0 Å². The third-order valence-electron chi connectivity index (χ3n) is 7.00. The number of aromatic nitrogens is 2. The van der Waals surface area contributed by atoms with Gasteiger partial charge >= 0.3 is 0 Å². The quantitative estimate of drug-likeness (QED) is 0.482. The molecule has 5 rings (SSSR count). The third-order valence-corrected chi connectivity index (χ3v) is 7.00. The van der Waals surface area contributed by atoms with Crippen LogP contribution in [-0.2, 0) is 0 Å². The Morgan fingerprint density at radius 2 is 1.65 bits per heavy atom. The van der Waals surface area contributed by atoms with Crippen molar-refractivity contribution in [3.05, 3.63) is 65.0 Å². The molecule has 1 aliphatic carbocycles. The Hall–Kier alpha value is -2.82. The van der Waals surface area contributed by atoms with Gasteiger partial charge in [0.1, 0.15) is 5.82 Å². The maximum Gasteiger partial charge on any atom is 0.159 e. The molecule has 1 saturated carbocycles. The van der Waals surface area contributed by atoms with Crippen LogP contribution in [0.2, 0.25) is 0 Å². The summed E-state index contributed by atoms with van der Waals surface area (Å²) < 4.78 is 26.7. The second-order valence-corrected chi connectivity index (χ2v) is 9.13. The van der Waals surface area contributed by atoms with Gasteiger partial charge in [0.15, 0.2) is 17.5 Å². The monoisotopic (exact) mass is 419 g/mol. The highest BCUT2D eigenvalue weighted by Crippen LogP contribution is 2.47. The largest absolute Gasteiger partial charge is 0.356 e. The highest BCUT2D eigenvalue weighted by Gasteiger charge is 2.37. The second-order valence-electron chi connectivity index (χ2n) is 9.13. The lowest BCUT2D eigenvalue weighted by Crippen LogP contribution is -2.39. The molecule has 5 heteroatoms. The first-order valence-electron chi connectivity index (χ1n) is 11.2. The summed E-state index contributed by atoms with van der Waals surface area (Å²) >= 11 is 0. The number of rotatable bonds is 3. The maximum absolute atomic E-state index is 13.5. The van der Waals surface area contributed by atoms with Crippen LogP contribution in [0.25, 0.3) is 23.1 Å². The molecule has 1 saturated heterocycles. The van der Waals surface area contributed by atoms with Gasteiger partial charge < -0.3 is 4.90 Å². The predicted molar refractivity (Wildman–Crippen MR) is 122 cm³/mol. The zero-order chi connectivity index (χ0) is 21.4. The van der Waals surface area contributed by atoms with Gasteiger partial charge in [-0.1, -0.05) is 36.6 Å². The highest BCUT2D eigenvalue weighted by atomic mass is 19.2. The Morgan fingerprint density at radius 1 is 0.871 bits per heavy atom. The van der Waals surface area contributed by atoms with Crippen LogP contribution in [0.4, 0.5) is 14.6 Å². The molecule has 0 radical (unpaired) electrons. The molecule has 0 amide bonds. The maximum atomic E-state index is 13.5. The Morgan fingerprint density at radius 3 is 2.39 bits per heavy atom. The number of anilines is 1. The van der Waals surface area contributed by atoms with E-state index >= 15 is 0 Å². The van der Waals surface area contributed by atoms with Crippen molar-refractivity contribution < 1.29 is 8.78 Å². The van der Waals surface area contributed by atoms with Gasteiger partial charge in [-0.3, -0.25) is 0 Å². The topological polar surface area (TPSA) is 29.0 Å². The normalized spacial score (nSPS) is 18.5. The van der Waals surface area contributed by atoms with E-state index in [9.17, 15) is 8.78 Å². The number of fused-ring (bicyclic) bond motifs is 1. The minimum atomic E-state index is -0.855. The number of aryl methyl sites for hydroxylation is 1. The predicted octanol–water partition coefficient (Wildman–Crippen LogP) is 6.55. The molecule has 31 heavy (non-hydrogen) atoms. The molecule has 2 fully saturated rings. The van der Waals surface area contributed by atoms with Crippen LogP contribution in [0, 0.1) is 24.0 Å². The Bertz CT molecular complexity index is 1140. The van der Waals surface area contributed by atoms with Crippen molar-refractivity contribution >= 4 is 28.9 Å². The van der Waals surface area contributed by atoms with Gasteiger partial charge in [-0.15, -0.1) is 0 Å². The van der Waals surface area contributed by atoms with Crippen molar-refractivity contribution in [2.45, 2.75) is 45.4 Å². The molecule has 1 aliphatic heterocycles. The standard InChI is InChI=1S/C26H27F2N3/c1-18-4-8-23-20(16-18)25(31-14-12-26(13-15-31)10-2-3-11-26)30-24(29-23)9-6-19-5-7-21(27)22(28)17-19/h4-9,16-17H,2-3,10-15H2,1H3/b9-6+. The van der Waals surface area contributed by atoms with Crippen LogP contribution in [0.3, 0.4) is 0 Å². The smallest absolute Gasteiger partial charge is 0.159 e. The Balaban J connectivity index is 1.48. The van der Waals surface area contributed by atoms with Gasteiger partial charge in [-0.25, -0.2) is 18.7 Å². The summed E-state index contributed by atoms with van der Waals surface area (Å²) in [6.45, 7) is 4.13. The van der Waals surface area contributed by atoms with E-state index in [-0.39, 0.29) is 0 Å². The van der Waals surface area contributed by atoms with Crippen LogP contribution in [0.5, 0.6) is 0 Å². The van der Waals surface area contributed by atoms with Crippen molar-refractivity contribution in [2.75, 3.05) is 18.0 Å². The van der Waals surface area contributed by atoms with Gasteiger partial charge in [0.2, 0.25) is 0 Å². The van der Waals surface area contributed by atoms with Gasteiger partial charge in [0.05, 0.1) is 5.52 Å². The lowest BCUT2D eigenvalue weighted by molar-refractivity contribution is 0.226. The fourth-order valence-corrected chi connectivity index (χ4v) is 5.16. The first kappa shape index (κ1) is 20.1. The molecule has 1 spiro atoms. The summed E-state index contributed by atoms with van der Waals surface area (Å²) in [5, 5.41) is 1.08. The summed E-state index contributed by atoms with van der Waals surface area (Å²) in [5.74, 6) is -0.141. The molecule has 160 valence electrons. The van der Waals surface area contributed by atoms with Gasteiger partial charge in [-0.2, -0.15) is 0 Å². The summed E-state index contributed by atoms with van der Waals surface area (Å²) in [6, 6.07) is 10.1. The molecule has 0 unspecified atom stereocenters. The molecule has 2 heterocycles. The lowest BCUT2D eigenvalue weighted by Gasteiger charge is -2.40. The molecule has 3 nitrogen and oxygen atoms in total. The SMILES string of the molecule is Cc1ccc2nc(/C=C/c3ccc(F)c(F)c3)nc(N3CCC4(CCCC4)CC3)c2c1. The summed E-state index contributed by atoms with van der Waals surface area (Å²) in [6.07, 6.45) is 11.4. The van der Waals surface area contributed by atoms with Crippen molar-refractivity contribution in [1.29, 1.82) is 0 Å². The average molecular weight is 420 g/mol. The third kappa shape index (κ3) is 4.06. The lowest BCUT2D eigenvalue weighted by atomic mass is 9.77. The van der Waals surface area contributed by atoms with Crippen LogP contribution in [-0.4, -0.2) is 23.1 Å². The number of piperidine rings is 1. The van der Waals surface area contributed by atoms with E-state index in [1.807, 2.05) is 6.07 Å². The van der Waals surface area contributed by atoms with E-state index in [2.05, 4.69) is 24.0 Å². The van der Waals surface area contributed by atoms with E-state index in [1.165, 1.54) is 50.2 Å². The van der Waals surface area contributed by atoms with E-state index in [0.29, 0.717) is 16.8 Å². The summed E-state index contributed by atoms with van der Waals surface area (Å²) in [4.78, 5) is 12.0. The minimum absolute atomic E-state index is 0.546. The zero-order valence-electron chi connectivity index (χ0n) is 17.9. The molecule has 1 aromatic heterocycles. The molecular formula is C26H27F2N3. The van der Waals surface area contributed by atoms with Crippen LogP contribution < -0.4 is 4.90 Å². The molecule has 0 atom stereocenters. The summed E-state index contributed by atoms with van der Waals surface area (Å²) in [5.41, 5.74) is 3.22. The first-order valence-corrected chi connectivity index (χ1v) is 11.2. The van der Waals surface area contributed by atoms with E-state index in [0.717, 1.165) is 35.9 Å². The minimum Gasteiger partial charge on any atom is -0.356 e. The Labute approximate surface area is 181 Å². The first-order chi connectivity index (χ1) is 15.0. The number of hydrogen-bond acceptors (Lipinski definition) is 3. The van der Waals surface area contributed by atoms with Crippen molar-refractivity contribution in [2.24, 2.45) is 5.41 Å². The van der Waals surface area contributed by atoms with Crippen LogP contribution in [0.15, 0.2) is 36.4 Å². The van der Waals surface area contributed by atoms with Gasteiger partial charge in [0, 0.05) is 18.5 Å². The molecule has 3 aromatic rings. The molecule has 0 bridgehead atoms. The molecule has 2 aliphatic rings. The van der Waals surface area contributed by atoms with Crippen molar-refractivity contribution in [3.8, 4) is 0 Å². The van der Waals surface area contributed by atoms with Gasteiger partial charge in [0.25, 0.3) is 0 Å². The van der Waals surface area contributed by atoms with E-state index in [1.54, 1.807) is 18.2 Å². The highest BCUT2D eigenvalue weighted by molar-refractivity contribution is 5.91. The number of hydrogen-bond donors (Lipinski definition) is 0. The van der Waals surface area contributed by atoms with E-state index < -0.39 is 11.6 Å². The Kier molecular flexibility index (Phi) is 5.20. The number of benzene rings is 2. The number of nitrogens with zero attached hydrogens (tertiary/aromatic N) is 3. The second kappa shape index (κ2) is 8.03. The number of halogens is 2. The molecular weight excluding hydrogens is 392 g/mol. The van der Waals surface area contributed by atoms with Crippen LogP contribution in [0.1, 0.15) is 55.5 Å². The fraction of sp³-hybridized carbons (Fsp3) is 0.385. The average Bonchev–Trinajstić information content (AvgIpc) is 3.23. The zero-order valence-corrected chi connectivity index (χ0v) is 17.9.